The van der Waals surface area contributed by atoms with Crippen molar-refractivity contribution in [3.63, 3.8) is 0 Å². The van der Waals surface area contributed by atoms with Crippen LogP contribution >= 0.6 is 27.5 Å². The monoisotopic (exact) mass is 355 g/mol. The maximum absolute atomic E-state index is 5.86. The third-order valence-electron chi connectivity index (χ3n) is 3.24. The van der Waals surface area contributed by atoms with Gasteiger partial charge in [0.15, 0.2) is 0 Å². The van der Waals surface area contributed by atoms with Gasteiger partial charge in [-0.3, -0.25) is 4.68 Å². The summed E-state index contributed by atoms with van der Waals surface area (Å²) in [5.41, 5.74) is 4.49. The van der Waals surface area contributed by atoms with Gasteiger partial charge < -0.3 is 5.32 Å². The highest BCUT2D eigenvalue weighted by molar-refractivity contribution is 9.10. The summed E-state index contributed by atoms with van der Waals surface area (Å²) in [5, 5.41) is 8.04. The van der Waals surface area contributed by atoms with Crippen molar-refractivity contribution in [3.05, 3.63) is 45.7 Å². The molecule has 1 heterocycles. The molecule has 0 bridgehead atoms. The van der Waals surface area contributed by atoms with E-state index in [1.54, 1.807) is 0 Å². The topological polar surface area (TPSA) is 29.9 Å². The maximum atomic E-state index is 5.86. The molecule has 0 saturated heterocycles. The largest absolute Gasteiger partial charge is 0.379 e. The van der Waals surface area contributed by atoms with Crippen molar-refractivity contribution >= 4 is 33.2 Å². The van der Waals surface area contributed by atoms with Crippen LogP contribution in [-0.2, 0) is 25.4 Å². The normalized spacial score (nSPS) is 10.8. The van der Waals surface area contributed by atoms with Crippen LogP contribution in [0.15, 0.2) is 28.7 Å². The van der Waals surface area contributed by atoms with Gasteiger partial charge in [-0.25, -0.2) is 0 Å². The number of rotatable bonds is 6. The number of nitrogens with one attached hydrogen (secondary N) is 1. The van der Waals surface area contributed by atoms with Gasteiger partial charge >= 0.3 is 0 Å². The third kappa shape index (κ3) is 3.36. The van der Waals surface area contributed by atoms with E-state index in [2.05, 4.69) is 52.3 Å². The van der Waals surface area contributed by atoms with Gasteiger partial charge in [-0.1, -0.05) is 19.1 Å². The fourth-order valence-electron chi connectivity index (χ4n) is 2.14. The van der Waals surface area contributed by atoms with Crippen LogP contribution in [0.4, 0.5) is 5.69 Å². The highest BCUT2D eigenvalue weighted by Gasteiger charge is 2.13. The number of aryl methyl sites for hydroxylation is 2. The summed E-state index contributed by atoms with van der Waals surface area (Å²) in [4.78, 5) is 0. The predicted octanol–water partition coefficient (Wildman–Crippen LogP) is 4.58. The lowest BCUT2D eigenvalue weighted by molar-refractivity contribution is 0.619. The summed E-state index contributed by atoms with van der Waals surface area (Å²) in [6.07, 6.45) is 0.933. The van der Waals surface area contributed by atoms with E-state index in [-0.39, 0.29) is 0 Å². The molecule has 0 unspecified atom stereocenters. The zero-order chi connectivity index (χ0) is 14.5. The van der Waals surface area contributed by atoms with Gasteiger partial charge in [-0.15, -0.1) is 11.6 Å². The summed E-state index contributed by atoms with van der Waals surface area (Å²) in [7, 11) is 0. The van der Waals surface area contributed by atoms with Crippen LogP contribution in [0.2, 0.25) is 0 Å². The van der Waals surface area contributed by atoms with Crippen LogP contribution in [0.5, 0.6) is 0 Å². The Morgan fingerprint density at radius 3 is 2.80 bits per heavy atom. The molecule has 0 saturated carbocycles. The van der Waals surface area contributed by atoms with Crippen molar-refractivity contribution < 1.29 is 0 Å². The van der Waals surface area contributed by atoms with Gasteiger partial charge in [0, 0.05) is 18.1 Å². The molecule has 0 amide bonds. The molecular weight excluding hydrogens is 338 g/mol. The summed E-state index contributed by atoms with van der Waals surface area (Å²) in [6.45, 7) is 5.84. The number of hydrogen-bond donors (Lipinski definition) is 1. The molecule has 0 aliphatic carbocycles. The first-order valence-corrected chi connectivity index (χ1v) is 8.15. The van der Waals surface area contributed by atoms with Crippen LogP contribution < -0.4 is 5.32 Å². The van der Waals surface area contributed by atoms with Gasteiger partial charge in [-0.05, 0) is 47.0 Å². The lowest BCUT2D eigenvalue weighted by atomic mass is 10.2. The van der Waals surface area contributed by atoms with Gasteiger partial charge in [0.05, 0.1) is 22.4 Å². The number of aromatic nitrogens is 2. The van der Waals surface area contributed by atoms with Gasteiger partial charge in [-0.2, -0.15) is 5.10 Å². The second-order valence-corrected chi connectivity index (χ2v) is 5.62. The first-order chi connectivity index (χ1) is 9.69. The SMILES string of the molecule is CCc1nn(CC)c(CNc2cccc(CCl)c2)c1Br. The first kappa shape index (κ1) is 15.4. The van der Waals surface area contributed by atoms with Crippen molar-refractivity contribution in [1.29, 1.82) is 0 Å². The molecule has 1 aromatic heterocycles. The molecule has 2 aromatic rings. The Morgan fingerprint density at radius 1 is 1.35 bits per heavy atom. The van der Waals surface area contributed by atoms with Gasteiger partial charge in [0.2, 0.25) is 0 Å². The first-order valence-electron chi connectivity index (χ1n) is 6.82. The summed E-state index contributed by atoms with van der Waals surface area (Å²) >= 11 is 9.52. The molecule has 1 N–H and O–H groups in total. The molecule has 0 fully saturated rings. The van der Waals surface area contributed by atoms with E-state index in [0.29, 0.717) is 5.88 Å². The average Bonchev–Trinajstić information content (AvgIpc) is 2.81. The minimum atomic E-state index is 0.534. The van der Waals surface area contributed by atoms with E-state index in [1.165, 1.54) is 5.69 Å². The quantitative estimate of drug-likeness (QED) is 0.768. The van der Waals surface area contributed by atoms with E-state index in [0.717, 1.165) is 40.9 Å². The number of nitrogens with zero attached hydrogens (tertiary/aromatic N) is 2. The zero-order valence-electron chi connectivity index (χ0n) is 11.8. The van der Waals surface area contributed by atoms with Crippen molar-refractivity contribution in [2.24, 2.45) is 0 Å². The van der Waals surface area contributed by atoms with Crippen molar-refractivity contribution in [3.8, 4) is 0 Å². The Bertz CT molecular complexity index is 580. The van der Waals surface area contributed by atoms with E-state index in [9.17, 15) is 0 Å². The Balaban J connectivity index is 2.15. The Hall–Kier alpha value is -1.000. The molecule has 0 spiro atoms. The molecule has 1 aromatic carbocycles. The molecule has 0 atom stereocenters. The highest BCUT2D eigenvalue weighted by Crippen LogP contribution is 2.23. The lowest BCUT2D eigenvalue weighted by Crippen LogP contribution is -2.08. The summed E-state index contributed by atoms with van der Waals surface area (Å²) in [6, 6.07) is 8.18. The van der Waals surface area contributed by atoms with E-state index in [4.69, 9.17) is 11.6 Å². The minimum Gasteiger partial charge on any atom is -0.379 e. The Morgan fingerprint density at radius 2 is 2.15 bits per heavy atom. The number of halogens is 2. The standard InChI is InChI=1S/C15H19BrClN3/c1-3-13-15(16)14(20(4-2)19-13)10-18-12-7-5-6-11(8-12)9-17/h5-8,18H,3-4,9-10H2,1-2H3. The predicted molar refractivity (Wildman–Crippen MR) is 88.3 cm³/mol. The van der Waals surface area contributed by atoms with Crippen molar-refractivity contribution in [2.45, 2.75) is 39.2 Å². The van der Waals surface area contributed by atoms with Crippen molar-refractivity contribution in [2.75, 3.05) is 5.32 Å². The molecule has 3 nitrogen and oxygen atoms in total. The van der Waals surface area contributed by atoms with Gasteiger partial charge in [0.25, 0.3) is 0 Å². The third-order valence-corrected chi connectivity index (χ3v) is 4.46. The fraction of sp³-hybridized carbons (Fsp3) is 0.400. The Kier molecular flexibility index (Phi) is 5.49. The van der Waals surface area contributed by atoms with Crippen LogP contribution in [0.25, 0.3) is 0 Å². The Labute approximate surface area is 133 Å². The molecule has 20 heavy (non-hydrogen) atoms. The highest BCUT2D eigenvalue weighted by atomic mass is 79.9. The number of hydrogen-bond acceptors (Lipinski definition) is 2. The maximum Gasteiger partial charge on any atom is 0.0767 e. The summed E-state index contributed by atoms with van der Waals surface area (Å²) < 4.78 is 3.16. The van der Waals surface area contributed by atoms with E-state index >= 15 is 0 Å². The van der Waals surface area contributed by atoms with Crippen LogP contribution in [-0.4, -0.2) is 9.78 Å². The molecule has 0 aliphatic rings. The fourth-order valence-corrected chi connectivity index (χ4v) is 3.01. The number of benzene rings is 1. The zero-order valence-corrected chi connectivity index (χ0v) is 14.1. The van der Waals surface area contributed by atoms with Crippen molar-refractivity contribution in [1.82, 2.24) is 9.78 Å². The number of anilines is 1. The van der Waals surface area contributed by atoms with Crippen LogP contribution in [0, 0.1) is 0 Å². The van der Waals surface area contributed by atoms with E-state index < -0.39 is 0 Å². The molecule has 5 heteroatoms. The second kappa shape index (κ2) is 7.14. The molecule has 0 radical (unpaired) electrons. The molecular formula is C15H19BrClN3. The molecule has 108 valence electrons. The second-order valence-electron chi connectivity index (χ2n) is 4.56. The van der Waals surface area contributed by atoms with Crippen LogP contribution in [0.1, 0.15) is 30.8 Å². The van der Waals surface area contributed by atoms with Gasteiger partial charge in [0.1, 0.15) is 0 Å². The lowest BCUT2D eigenvalue weighted by Gasteiger charge is -2.09. The smallest absolute Gasteiger partial charge is 0.0767 e. The van der Waals surface area contributed by atoms with Crippen LogP contribution in [0.3, 0.4) is 0 Å². The number of alkyl halides is 1. The average molecular weight is 357 g/mol. The summed E-state index contributed by atoms with van der Waals surface area (Å²) in [5.74, 6) is 0.534. The minimum absolute atomic E-state index is 0.534. The van der Waals surface area contributed by atoms with E-state index in [1.807, 2.05) is 16.8 Å². The molecule has 0 aliphatic heterocycles. The molecule has 2 rings (SSSR count).